The second-order valence-corrected chi connectivity index (χ2v) is 9.04. The number of likely N-dealkylation sites (tertiary alicyclic amines) is 1. The number of amides is 1. The van der Waals surface area contributed by atoms with Gasteiger partial charge in [-0.15, -0.1) is 0 Å². The van der Waals surface area contributed by atoms with Gasteiger partial charge in [0.2, 0.25) is 0 Å². The number of hydrogen-bond acceptors (Lipinski definition) is 6. The van der Waals surface area contributed by atoms with Gasteiger partial charge in [-0.05, 0) is 56.3 Å². The van der Waals surface area contributed by atoms with E-state index in [0.717, 1.165) is 55.6 Å². The SMILES string of the molecule is CCN1CCC[C@@H]1CNC(=O)c1cnn(-c2ncc3c(n2)-c2ccccc2CCC3)c1COC. The molecule has 1 aromatic carbocycles. The molecule has 0 radical (unpaired) electrons. The molecule has 1 amide bonds. The second-order valence-electron chi connectivity index (χ2n) is 9.04. The third-order valence-corrected chi connectivity index (χ3v) is 7.00. The van der Waals surface area contributed by atoms with Crippen LogP contribution in [0.1, 0.15) is 53.4 Å². The number of rotatable bonds is 7. The number of methoxy groups -OCH3 is 1. The zero-order valence-corrected chi connectivity index (χ0v) is 20.0. The minimum absolute atomic E-state index is 0.138. The first-order valence-corrected chi connectivity index (χ1v) is 12.2. The molecule has 8 heteroatoms. The first-order chi connectivity index (χ1) is 16.7. The number of nitrogens with one attached hydrogen (secondary N) is 1. The molecular weight excluding hydrogens is 428 g/mol. The van der Waals surface area contributed by atoms with Crippen molar-refractivity contribution in [3.63, 3.8) is 0 Å². The summed E-state index contributed by atoms with van der Waals surface area (Å²) < 4.78 is 7.07. The van der Waals surface area contributed by atoms with Crippen LogP contribution in [0.5, 0.6) is 0 Å². The van der Waals surface area contributed by atoms with Crippen molar-refractivity contribution in [3.05, 3.63) is 59.0 Å². The van der Waals surface area contributed by atoms with Gasteiger partial charge in [0.1, 0.15) is 0 Å². The Hall–Kier alpha value is -3.10. The molecule has 178 valence electrons. The number of aryl methyl sites for hydroxylation is 2. The molecule has 1 saturated heterocycles. The highest BCUT2D eigenvalue weighted by molar-refractivity contribution is 5.95. The molecule has 0 saturated carbocycles. The van der Waals surface area contributed by atoms with Crippen LogP contribution < -0.4 is 5.32 Å². The number of carbonyl (C=O) groups excluding carboxylic acids is 1. The summed E-state index contributed by atoms with van der Waals surface area (Å²) in [4.78, 5) is 25.1. The Bertz CT molecular complexity index is 1170. The molecule has 1 aliphatic heterocycles. The number of nitrogens with zero attached hydrogens (tertiary/aromatic N) is 5. The molecule has 2 aromatic heterocycles. The van der Waals surface area contributed by atoms with Gasteiger partial charge in [-0.2, -0.15) is 9.78 Å². The lowest BCUT2D eigenvalue weighted by atomic mass is 10.0. The van der Waals surface area contributed by atoms with Crippen LogP contribution in [0, 0.1) is 0 Å². The van der Waals surface area contributed by atoms with Crippen LogP contribution in [0.3, 0.4) is 0 Å². The zero-order valence-electron chi connectivity index (χ0n) is 20.0. The van der Waals surface area contributed by atoms with Crippen molar-refractivity contribution in [2.45, 2.75) is 51.7 Å². The van der Waals surface area contributed by atoms with Gasteiger partial charge >= 0.3 is 0 Å². The molecule has 0 unspecified atom stereocenters. The Morgan fingerprint density at radius 2 is 2.03 bits per heavy atom. The van der Waals surface area contributed by atoms with Gasteiger partial charge in [-0.3, -0.25) is 9.69 Å². The molecule has 1 fully saturated rings. The smallest absolute Gasteiger partial charge is 0.254 e. The average molecular weight is 461 g/mol. The number of fused-ring (bicyclic) bond motifs is 3. The summed E-state index contributed by atoms with van der Waals surface area (Å²) in [5.41, 5.74) is 5.70. The van der Waals surface area contributed by atoms with E-state index in [-0.39, 0.29) is 12.5 Å². The van der Waals surface area contributed by atoms with Crippen LogP contribution in [0.2, 0.25) is 0 Å². The Balaban J connectivity index is 1.44. The van der Waals surface area contributed by atoms with Crippen molar-refractivity contribution in [2.24, 2.45) is 0 Å². The van der Waals surface area contributed by atoms with E-state index in [1.807, 2.05) is 12.3 Å². The zero-order chi connectivity index (χ0) is 23.5. The standard InChI is InChI=1S/C26H32N6O2/c1-3-31-13-7-11-20(31)15-27-25(33)22-16-29-32(23(22)17-34-2)26-28-14-19-10-6-9-18-8-4-5-12-21(18)24(19)30-26/h4-5,8,12,14,16,20H,3,6-7,9-11,13,15,17H2,1-2H3,(H,27,33)/t20-/m1/s1. The summed E-state index contributed by atoms with van der Waals surface area (Å²) >= 11 is 0. The molecular formula is C26H32N6O2. The molecule has 3 heterocycles. The van der Waals surface area contributed by atoms with Crippen LogP contribution in [0.4, 0.5) is 0 Å². The van der Waals surface area contributed by atoms with Crippen molar-refractivity contribution in [3.8, 4) is 17.2 Å². The third-order valence-electron chi connectivity index (χ3n) is 7.00. The molecule has 3 aromatic rings. The molecule has 5 rings (SSSR count). The maximum atomic E-state index is 13.1. The first-order valence-electron chi connectivity index (χ1n) is 12.2. The molecule has 1 aliphatic carbocycles. The lowest BCUT2D eigenvalue weighted by molar-refractivity contribution is 0.0936. The van der Waals surface area contributed by atoms with E-state index in [0.29, 0.717) is 29.8 Å². The fourth-order valence-corrected chi connectivity index (χ4v) is 5.21. The highest BCUT2D eigenvalue weighted by Crippen LogP contribution is 2.31. The summed E-state index contributed by atoms with van der Waals surface area (Å²) in [5.74, 6) is 0.316. The van der Waals surface area contributed by atoms with Crippen LogP contribution in [0.25, 0.3) is 17.2 Å². The van der Waals surface area contributed by atoms with Crippen molar-refractivity contribution >= 4 is 5.91 Å². The molecule has 34 heavy (non-hydrogen) atoms. The lowest BCUT2D eigenvalue weighted by Crippen LogP contribution is -2.40. The van der Waals surface area contributed by atoms with E-state index >= 15 is 0 Å². The molecule has 0 bridgehead atoms. The Morgan fingerprint density at radius 1 is 1.18 bits per heavy atom. The first kappa shape index (κ1) is 22.7. The molecule has 2 aliphatic rings. The van der Waals surface area contributed by atoms with Crippen molar-refractivity contribution in [1.82, 2.24) is 30.0 Å². The number of aromatic nitrogens is 4. The predicted molar refractivity (Wildman–Crippen MR) is 130 cm³/mol. The molecule has 1 atom stereocenters. The minimum atomic E-state index is -0.138. The highest BCUT2D eigenvalue weighted by atomic mass is 16.5. The second kappa shape index (κ2) is 10.0. The van der Waals surface area contributed by atoms with E-state index in [1.54, 1.807) is 18.0 Å². The fourth-order valence-electron chi connectivity index (χ4n) is 5.21. The molecule has 1 N–H and O–H groups in total. The van der Waals surface area contributed by atoms with E-state index in [4.69, 9.17) is 9.72 Å². The Morgan fingerprint density at radius 3 is 2.88 bits per heavy atom. The van der Waals surface area contributed by atoms with Gasteiger partial charge in [0.25, 0.3) is 11.9 Å². The van der Waals surface area contributed by atoms with Gasteiger partial charge < -0.3 is 10.1 Å². The summed E-state index contributed by atoms with van der Waals surface area (Å²) in [5, 5.41) is 7.62. The van der Waals surface area contributed by atoms with Crippen LogP contribution >= 0.6 is 0 Å². The topological polar surface area (TPSA) is 85.2 Å². The maximum Gasteiger partial charge on any atom is 0.254 e. The molecule has 0 spiro atoms. The highest BCUT2D eigenvalue weighted by Gasteiger charge is 2.26. The number of ether oxygens (including phenoxy) is 1. The van der Waals surface area contributed by atoms with E-state index in [1.165, 1.54) is 12.0 Å². The van der Waals surface area contributed by atoms with Crippen LogP contribution in [-0.2, 0) is 24.2 Å². The fraction of sp³-hybridized carbons (Fsp3) is 0.462. The number of hydrogen-bond donors (Lipinski definition) is 1. The van der Waals surface area contributed by atoms with Crippen molar-refractivity contribution in [1.29, 1.82) is 0 Å². The Labute approximate surface area is 200 Å². The summed E-state index contributed by atoms with van der Waals surface area (Å²) in [6.07, 6.45) is 8.83. The number of benzene rings is 1. The van der Waals surface area contributed by atoms with E-state index in [2.05, 4.69) is 45.4 Å². The molecule has 8 nitrogen and oxygen atoms in total. The lowest BCUT2D eigenvalue weighted by Gasteiger charge is -2.22. The maximum absolute atomic E-state index is 13.1. The van der Waals surface area contributed by atoms with Gasteiger partial charge in [0, 0.05) is 31.5 Å². The van der Waals surface area contributed by atoms with Crippen molar-refractivity contribution < 1.29 is 9.53 Å². The average Bonchev–Trinajstić information content (AvgIpc) is 3.45. The number of carbonyl (C=O) groups is 1. The monoisotopic (exact) mass is 460 g/mol. The van der Waals surface area contributed by atoms with E-state index < -0.39 is 0 Å². The largest absolute Gasteiger partial charge is 0.378 e. The van der Waals surface area contributed by atoms with Crippen LogP contribution in [-0.4, -0.2) is 63.3 Å². The summed E-state index contributed by atoms with van der Waals surface area (Å²) in [6, 6.07) is 8.81. The van der Waals surface area contributed by atoms with Gasteiger partial charge in [-0.25, -0.2) is 9.97 Å². The van der Waals surface area contributed by atoms with Crippen LogP contribution in [0.15, 0.2) is 36.7 Å². The number of likely N-dealkylation sites (N-methyl/N-ethyl adjacent to an activating group) is 1. The quantitative estimate of drug-likeness (QED) is 0.583. The van der Waals surface area contributed by atoms with E-state index in [9.17, 15) is 4.79 Å². The predicted octanol–water partition coefficient (Wildman–Crippen LogP) is 3.18. The Kier molecular flexibility index (Phi) is 6.69. The van der Waals surface area contributed by atoms with Crippen molar-refractivity contribution in [2.75, 3.05) is 26.7 Å². The van der Waals surface area contributed by atoms with Gasteiger partial charge in [0.15, 0.2) is 0 Å². The normalized spacial score (nSPS) is 17.8. The third kappa shape index (κ3) is 4.35. The van der Waals surface area contributed by atoms with Gasteiger partial charge in [-0.1, -0.05) is 31.2 Å². The summed E-state index contributed by atoms with van der Waals surface area (Å²) in [6.45, 7) is 5.15. The minimum Gasteiger partial charge on any atom is -0.378 e. The van der Waals surface area contributed by atoms with Gasteiger partial charge in [0.05, 0.1) is 29.8 Å². The summed E-state index contributed by atoms with van der Waals surface area (Å²) in [7, 11) is 1.62.